The molecule has 0 bridgehead atoms. The predicted molar refractivity (Wildman–Crippen MR) is 129 cm³/mol. The van der Waals surface area contributed by atoms with Crippen LogP contribution in [0.25, 0.3) is 10.9 Å². The summed E-state index contributed by atoms with van der Waals surface area (Å²) in [5, 5.41) is 4.24. The van der Waals surface area contributed by atoms with Gasteiger partial charge in [-0.1, -0.05) is 13.8 Å². The number of methoxy groups -OCH3 is 1. The topological polar surface area (TPSA) is 46.5 Å². The van der Waals surface area contributed by atoms with Crippen LogP contribution < -0.4 is 5.32 Å². The molecule has 2 heterocycles. The summed E-state index contributed by atoms with van der Waals surface area (Å²) >= 11 is 1.53. The minimum absolute atomic E-state index is 0.0499. The van der Waals surface area contributed by atoms with Crippen LogP contribution >= 0.6 is 11.8 Å². The van der Waals surface area contributed by atoms with Crippen LogP contribution in [0.3, 0.4) is 0 Å². The van der Waals surface area contributed by atoms with Gasteiger partial charge in [0, 0.05) is 55.2 Å². The van der Waals surface area contributed by atoms with Crippen LogP contribution in [0.4, 0.5) is 4.39 Å². The number of aromatic nitrogens is 1. The maximum atomic E-state index is 14.0. The lowest BCUT2D eigenvalue weighted by molar-refractivity contribution is 0.0647. The van der Waals surface area contributed by atoms with Gasteiger partial charge in [-0.3, -0.25) is 4.79 Å². The first-order chi connectivity index (χ1) is 15.1. The number of halogens is 1. The Bertz CT molecular complexity index is 834. The molecule has 1 saturated heterocycles. The van der Waals surface area contributed by atoms with Crippen molar-refractivity contribution >= 4 is 28.6 Å². The number of carbonyl (C=O) groups excluding carboxylic acids is 1. The van der Waals surface area contributed by atoms with Gasteiger partial charge < -0.3 is 19.5 Å². The standard InChI is InChI=1S/C22H32FN3O2S.C2H6/c1-4-25(17-8-7-11-24-15-17)22(27)20-21(29-3)18-14-16(23)9-10-19(18)26(20)12-5-6-13-28-2;1-2/h9-10,14,17,24H,4-8,11-13,15H2,1-3H3;1-2H3/t17-;/m1./s1. The lowest BCUT2D eigenvalue weighted by Gasteiger charge is -2.34. The summed E-state index contributed by atoms with van der Waals surface area (Å²) in [5.41, 5.74) is 1.62. The van der Waals surface area contributed by atoms with E-state index in [0.717, 1.165) is 54.6 Å². The van der Waals surface area contributed by atoms with E-state index >= 15 is 0 Å². The van der Waals surface area contributed by atoms with Gasteiger partial charge in [0.2, 0.25) is 0 Å². The zero-order chi connectivity index (χ0) is 22.8. The second-order valence-electron chi connectivity index (χ2n) is 7.49. The van der Waals surface area contributed by atoms with Crippen LogP contribution in [-0.4, -0.2) is 61.0 Å². The fourth-order valence-corrected chi connectivity index (χ4v) is 5.04. The van der Waals surface area contributed by atoms with E-state index in [1.807, 2.05) is 31.9 Å². The second-order valence-corrected chi connectivity index (χ2v) is 8.30. The molecule has 1 aromatic heterocycles. The highest BCUT2D eigenvalue weighted by Crippen LogP contribution is 2.35. The summed E-state index contributed by atoms with van der Waals surface area (Å²) in [5.74, 6) is -0.221. The maximum absolute atomic E-state index is 14.0. The Labute approximate surface area is 190 Å². The molecule has 1 aromatic carbocycles. The predicted octanol–water partition coefficient (Wildman–Crippen LogP) is 5.17. The molecule has 0 radical (unpaired) electrons. The van der Waals surface area contributed by atoms with Crippen molar-refractivity contribution in [2.45, 2.75) is 63.9 Å². The molecule has 0 aliphatic carbocycles. The highest BCUT2D eigenvalue weighted by Gasteiger charge is 2.30. The molecule has 1 aliphatic heterocycles. The van der Waals surface area contributed by atoms with Gasteiger partial charge in [0.25, 0.3) is 5.91 Å². The number of carbonyl (C=O) groups is 1. The minimum atomic E-state index is -0.271. The number of unbranched alkanes of at least 4 members (excludes halogenated alkanes) is 1. The molecule has 5 nitrogen and oxygen atoms in total. The largest absolute Gasteiger partial charge is 0.385 e. The van der Waals surface area contributed by atoms with E-state index in [9.17, 15) is 9.18 Å². The van der Waals surface area contributed by atoms with Gasteiger partial charge in [0.15, 0.2) is 0 Å². The van der Waals surface area contributed by atoms with Crippen molar-refractivity contribution < 1.29 is 13.9 Å². The van der Waals surface area contributed by atoms with E-state index in [1.54, 1.807) is 19.2 Å². The molecule has 1 fully saturated rings. The van der Waals surface area contributed by atoms with Gasteiger partial charge in [-0.05, 0) is 63.6 Å². The van der Waals surface area contributed by atoms with Crippen LogP contribution in [0, 0.1) is 5.82 Å². The number of fused-ring (bicyclic) bond motifs is 1. The summed E-state index contributed by atoms with van der Waals surface area (Å²) in [6.07, 6.45) is 5.88. The molecule has 3 rings (SSSR count). The smallest absolute Gasteiger partial charge is 0.271 e. The third-order valence-electron chi connectivity index (χ3n) is 5.68. The molecule has 0 spiro atoms. The summed E-state index contributed by atoms with van der Waals surface area (Å²) in [6.45, 7) is 9.96. The highest BCUT2D eigenvalue weighted by atomic mass is 32.2. The summed E-state index contributed by atoms with van der Waals surface area (Å²) in [6, 6.07) is 5.04. The van der Waals surface area contributed by atoms with Gasteiger partial charge in [-0.2, -0.15) is 0 Å². The van der Waals surface area contributed by atoms with E-state index < -0.39 is 0 Å². The Morgan fingerprint density at radius 3 is 2.74 bits per heavy atom. The number of hydrogen-bond acceptors (Lipinski definition) is 4. The van der Waals surface area contributed by atoms with Crippen molar-refractivity contribution in [2.24, 2.45) is 0 Å². The summed E-state index contributed by atoms with van der Waals surface area (Å²) < 4.78 is 21.3. The van der Waals surface area contributed by atoms with Crippen LogP contribution in [0.2, 0.25) is 0 Å². The first kappa shape index (κ1) is 25.7. The third-order valence-corrected chi connectivity index (χ3v) is 6.50. The van der Waals surface area contributed by atoms with Crippen molar-refractivity contribution in [3.8, 4) is 0 Å². The summed E-state index contributed by atoms with van der Waals surface area (Å²) in [4.78, 5) is 16.6. The maximum Gasteiger partial charge on any atom is 0.271 e. The fourth-order valence-electron chi connectivity index (χ4n) is 4.27. The third kappa shape index (κ3) is 6.02. The van der Waals surface area contributed by atoms with Crippen LogP contribution in [-0.2, 0) is 11.3 Å². The van der Waals surface area contributed by atoms with Crippen LogP contribution in [0.5, 0.6) is 0 Å². The molecule has 0 unspecified atom stereocenters. The monoisotopic (exact) mass is 451 g/mol. The zero-order valence-corrected chi connectivity index (χ0v) is 20.5. The number of hydrogen-bond donors (Lipinski definition) is 1. The first-order valence-electron chi connectivity index (χ1n) is 11.5. The Morgan fingerprint density at radius 2 is 2.13 bits per heavy atom. The molecule has 1 aliphatic rings. The van der Waals surface area contributed by atoms with Gasteiger partial charge in [0.1, 0.15) is 11.5 Å². The molecule has 2 aromatic rings. The number of benzene rings is 1. The number of piperidine rings is 1. The number of aryl methyl sites for hydroxylation is 1. The van der Waals surface area contributed by atoms with E-state index in [4.69, 9.17) is 4.74 Å². The number of thioether (sulfide) groups is 1. The van der Waals surface area contributed by atoms with Gasteiger partial charge in [-0.15, -0.1) is 11.8 Å². The Morgan fingerprint density at radius 1 is 1.35 bits per heavy atom. The van der Waals surface area contributed by atoms with Crippen molar-refractivity contribution in [1.82, 2.24) is 14.8 Å². The molecule has 1 atom stereocenters. The van der Waals surface area contributed by atoms with Gasteiger partial charge in [-0.25, -0.2) is 4.39 Å². The van der Waals surface area contributed by atoms with Crippen molar-refractivity contribution in [3.05, 3.63) is 29.7 Å². The van der Waals surface area contributed by atoms with Gasteiger partial charge >= 0.3 is 0 Å². The van der Waals surface area contributed by atoms with Crippen molar-refractivity contribution in [2.75, 3.05) is 39.6 Å². The Hall–Kier alpha value is -1.57. The molecular formula is C24H38FN3O2S. The SMILES string of the molecule is CC.CCN(C(=O)c1c(SC)c2cc(F)ccc2n1CCCCOC)[C@@H]1CCCNC1. The molecular weight excluding hydrogens is 413 g/mol. The Balaban J connectivity index is 0.00000166. The fraction of sp³-hybridized carbons (Fsp3) is 0.625. The first-order valence-corrected chi connectivity index (χ1v) is 12.7. The Kier molecular flexibility index (Phi) is 10.8. The zero-order valence-electron chi connectivity index (χ0n) is 19.7. The quantitative estimate of drug-likeness (QED) is 0.422. The molecule has 0 saturated carbocycles. The van der Waals surface area contributed by atoms with E-state index in [2.05, 4.69) is 9.88 Å². The minimum Gasteiger partial charge on any atom is -0.385 e. The van der Waals surface area contributed by atoms with Crippen LogP contribution in [0.1, 0.15) is 56.9 Å². The van der Waals surface area contributed by atoms with Crippen molar-refractivity contribution in [1.29, 1.82) is 0 Å². The van der Waals surface area contributed by atoms with E-state index in [0.29, 0.717) is 25.4 Å². The normalized spacial score (nSPS) is 16.1. The van der Waals surface area contributed by atoms with Crippen LogP contribution in [0.15, 0.2) is 23.1 Å². The molecule has 174 valence electrons. The van der Waals surface area contributed by atoms with Crippen molar-refractivity contribution in [3.63, 3.8) is 0 Å². The number of nitrogens with zero attached hydrogens (tertiary/aromatic N) is 2. The second kappa shape index (κ2) is 13.1. The number of ether oxygens (including phenoxy) is 1. The highest BCUT2D eigenvalue weighted by molar-refractivity contribution is 7.99. The van der Waals surface area contributed by atoms with E-state index in [1.165, 1.54) is 17.8 Å². The molecule has 7 heteroatoms. The van der Waals surface area contributed by atoms with E-state index in [-0.39, 0.29) is 17.8 Å². The lowest BCUT2D eigenvalue weighted by Crippen LogP contribution is -2.49. The molecule has 31 heavy (non-hydrogen) atoms. The summed E-state index contributed by atoms with van der Waals surface area (Å²) in [7, 11) is 1.70. The average molecular weight is 452 g/mol. The van der Waals surface area contributed by atoms with Gasteiger partial charge in [0.05, 0.1) is 0 Å². The molecule has 1 N–H and O–H groups in total. The molecule has 1 amide bonds. The number of likely N-dealkylation sites (N-methyl/N-ethyl adjacent to an activating group) is 1. The number of rotatable bonds is 9. The number of nitrogens with one attached hydrogen (secondary N) is 1. The lowest BCUT2D eigenvalue weighted by atomic mass is 10.1. The average Bonchev–Trinajstić information content (AvgIpc) is 3.11. The number of amides is 1.